The lowest BCUT2D eigenvalue weighted by molar-refractivity contribution is 1.38. The van der Waals surface area contributed by atoms with Crippen LogP contribution in [0.1, 0.15) is 34.6 Å². The molecule has 0 atom stereocenters. The summed E-state index contributed by atoms with van der Waals surface area (Å²) in [5, 5.41) is 0. The zero-order chi connectivity index (χ0) is 9.28. The largest absolute Gasteiger partial charge is 0.115 e. The Morgan fingerprint density at radius 1 is 1.27 bits per heavy atom. The van der Waals surface area contributed by atoms with Gasteiger partial charge in [0.1, 0.15) is 0 Å². The van der Waals surface area contributed by atoms with Crippen LogP contribution in [0.4, 0.5) is 0 Å². The fourth-order valence-electron chi connectivity index (χ4n) is 0.519. The molecule has 0 saturated heterocycles. The predicted molar refractivity (Wildman–Crippen MR) is 53.4 cm³/mol. The van der Waals surface area contributed by atoms with E-state index < -0.39 is 0 Å². The highest BCUT2D eigenvalue weighted by Gasteiger charge is 1.81. The molecule has 62 valence electrons. The van der Waals surface area contributed by atoms with E-state index in [-0.39, 0.29) is 0 Å². The van der Waals surface area contributed by atoms with Gasteiger partial charge in [0.25, 0.3) is 0 Å². The molecular formula is C11H18. The van der Waals surface area contributed by atoms with Crippen molar-refractivity contribution in [1.82, 2.24) is 0 Å². The minimum atomic E-state index is 0.954. The summed E-state index contributed by atoms with van der Waals surface area (Å²) in [6, 6.07) is 0. The maximum absolute atomic E-state index is 5.17. The van der Waals surface area contributed by atoms with E-state index in [0.29, 0.717) is 0 Å². The average Bonchev–Trinajstić information content (AvgIpc) is 2.03. The SMILES string of the molecule is C#C/C(C=C(C)C)=C/C.CC. The molecule has 0 fully saturated rings. The van der Waals surface area contributed by atoms with Gasteiger partial charge >= 0.3 is 0 Å². The zero-order valence-electron chi connectivity index (χ0n) is 8.23. The van der Waals surface area contributed by atoms with Crippen molar-refractivity contribution in [3.8, 4) is 12.3 Å². The first-order valence-electron chi connectivity index (χ1n) is 3.98. The molecule has 0 aromatic heterocycles. The minimum Gasteiger partial charge on any atom is -0.115 e. The van der Waals surface area contributed by atoms with Gasteiger partial charge in [-0.2, -0.15) is 0 Å². The molecule has 0 spiro atoms. The number of allylic oxidation sites excluding steroid dienone is 4. The maximum atomic E-state index is 5.17. The molecule has 0 N–H and O–H groups in total. The van der Waals surface area contributed by atoms with Crippen molar-refractivity contribution >= 4 is 0 Å². The fourth-order valence-corrected chi connectivity index (χ4v) is 0.519. The Morgan fingerprint density at radius 3 is 1.82 bits per heavy atom. The first-order valence-corrected chi connectivity index (χ1v) is 3.98. The van der Waals surface area contributed by atoms with Gasteiger partial charge in [-0.25, -0.2) is 0 Å². The Morgan fingerprint density at radius 2 is 1.73 bits per heavy atom. The Kier molecular flexibility index (Phi) is 10.4. The van der Waals surface area contributed by atoms with E-state index in [4.69, 9.17) is 6.42 Å². The fraction of sp³-hybridized carbons (Fsp3) is 0.455. The molecule has 11 heavy (non-hydrogen) atoms. The molecule has 0 aliphatic rings. The summed E-state index contributed by atoms with van der Waals surface area (Å²) in [6.07, 6.45) is 9.08. The second-order valence-corrected chi connectivity index (χ2v) is 2.11. The summed E-state index contributed by atoms with van der Waals surface area (Å²) in [5.41, 5.74) is 2.19. The summed E-state index contributed by atoms with van der Waals surface area (Å²) in [5.74, 6) is 2.57. The van der Waals surface area contributed by atoms with Crippen LogP contribution in [-0.4, -0.2) is 0 Å². The van der Waals surface area contributed by atoms with Crippen molar-refractivity contribution in [1.29, 1.82) is 0 Å². The second-order valence-electron chi connectivity index (χ2n) is 2.11. The Labute approximate surface area is 71.0 Å². The topological polar surface area (TPSA) is 0 Å². The van der Waals surface area contributed by atoms with Gasteiger partial charge in [-0.3, -0.25) is 0 Å². The van der Waals surface area contributed by atoms with E-state index in [1.54, 1.807) is 0 Å². The monoisotopic (exact) mass is 150 g/mol. The zero-order valence-corrected chi connectivity index (χ0v) is 8.23. The van der Waals surface area contributed by atoms with Crippen molar-refractivity contribution in [2.24, 2.45) is 0 Å². The molecule has 0 heterocycles. The molecule has 0 aromatic rings. The molecule has 0 unspecified atom stereocenters. The standard InChI is InChI=1S/C9H12.C2H6/c1-5-9(6-2)7-8(3)4;1-2/h1,6-7H,2-4H3;1-2H3/b9-6-;. The quantitative estimate of drug-likeness (QED) is 0.396. The van der Waals surface area contributed by atoms with Crippen molar-refractivity contribution in [3.63, 3.8) is 0 Å². The minimum absolute atomic E-state index is 0.954. The third-order valence-corrected chi connectivity index (χ3v) is 0.922. The van der Waals surface area contributed by atoms with E-state index in [0.717, 1.165) is 5.57 Å². The van der Waals surface area contributed by atoms with Crippen LogP contribution in [0.3, 0.4) is 0 Å². The highest BCUT2D eigenvalue weighted by molar-refractivity contribution is 5.36. The van der Waals surface area contributed by atoms with Gasteiger partial charge in [0.2, 0.25) is 0 Å². The molecule has 0 nitrogen and oxygen atoms in total. The molecule has 0 aliphatic carbocycles. The second kappa shape index (κ2) is 9.04. The predicted octanol–water partition coefficient (Wildman–Crippen LogP) is 3.56. The molecule has 0 radical (unpaired) electrons. The normalized spacial score (nSPS) is 8.91. The van der Waals surface area contributed by atoms with Crippen molar-refractivity contribution < 1.29 is 0 Å². The summed E-state index contributed by atoms with van der Waals surface area (Å²) < 4.78 is 0. The highest BCUT2D eigenvalue weighted by Crippen LogP contribution is 1.98. The van der Waals surface area contributed by atoms with Gasteiger partial charge in [-0.05, 0) is 26.8 Å². The first-order chi connectivity index (χ1) is 5.20. The van der Waals surface area contributed by atoms with Gasteiger partial charge in [0.05, 0.1) is 0 Å². The lowest BCUT2D eigenvalue weighted by atomic mass is 10.2. The van der Waals surface area contributed by atoms with Crippen LogP contribution in [0.25, 0.3) is 0 Å². The van der Waals surface area contributed by atoms with Crippen molar-refractivity contribution in [3.05, 3.63) is 23.3 Å². The van der Waals surface area contributed by atoms with E-state index in [1.165, 1.54) is 5.57 Å². The molecule has 0 heteroatoms. The molecular weight excluding hydrogens is 132 g/mol. The van der Waals surface area contributed by atoms with Crippen LogP contribution < -0.4 is 0 Å². The van der Waals surface area contributed by atoms with E-state index >= 15 is 0 Å². The van der Waals surface area contributed by atoms with Gasteiger partial charge in [0.15, 0.2) is 0 Å². The molecule has 0 bridgehead atoms. The molecule has 0 amide bonds. The first kappa shape index (κ1) is 12.7. The van der Waals surface area contributed by atoms with Gasteiger partial charge in [0, 0.05) is 5.57 Å². The van der Waals surface area contributed by atoms with Gasteiger partial charge in [-0.15, -0.1) is 6.42 Å². The Bertz CT molecular complexity index is 171. The molecule has 0 aromatic carbocycles. The van der Waals surface area contributed by atoms with Gasteiger partial charge < -0.3 is 0 Å². The molecule has 0 aliphatic heterocycles. The summed E-state index contributed by atoms with van der Waals surface area (Å²) in [6.45, 7) is 10.00. The number of rotatable bonds is 1. The number of hydrogen-bond donors (Lipinski definition) is 0. The van der Waals surface area contributed by atoms with Crippen LogP contribution in [0, 0.1) is 12.3 Å². The average molecular weight is 150 g/mol. The van der Waals surface area contributed by atoms with Crippen LogP contribution in [0.5, 0.6) is 0 Å². The lowest BCUT2D eigenvalue weighted by Gasteiger charge is -1.88. The number of terminal acetylenes is 1. The Hall–Kier alpha value is -0.960. The summed E-state index contributed by atoms with van der Waals surface area (Å²) in [4.78, 5) is 0. The van der Waals surface area contributed by atoms with Crippen LogP contribution in [-0.2, 0) is 0 Å². The van der Waals surface area contributed by atoms with Crippen molar-refractivity contribution in [2.45, 2.75) is 34.6 Å². The lowest BCUT2D eigenvalue weighted by Crippen LogP contribution is -1.70. The van der Waals surface area contributed by atoms with Crippen LogP contribution in [0.15, 0.2) is 23.3 Å². The molecule has 0 rings (SSSR count). The smallest absolute Gasteiger partial charge is 0.0199 e. The van der Waals surface area contributed by atoms with E-state index in [1.807, 2.05) is 46.8 Å². The maximum Gasteiger partial charge on any atom is 0.0199 e. The number of hydrogen-bond acceptors (Lipinski definition) is 0. The van der Waals surface area contributed by atoms with Crippen molar-refractivity contribution in [2.75, 3.05) is 0 Å². The third kappa shape index (κ3) is 9.04. The Balaban J connectivity index is 0. The summed E-state index contributed by atoms with van der Waals surface area (Å²) >= 11 is 0. The van der Waals surface area contributed by atoms with Gasteiger partial charge in [-0.1, -0.05) is 31.4 Å². The highest BCUT2D eigenvalue weighted by atomic mass is 13.9. The van der Waals surface area contributed by atoms with E-state index in [2.05, 4.69) is 5.92 Å². The van der Waals surface area contributed by atoms with Crippen LogP contribution >= 0.6 is 0 Å². The van der Waals surface area contributed by atoms with E-state index in [9.17, 15) is 0 Å². The molecule has 0 saturated carbocycles. The summed E-state index contributed by atoms with van der Waals surface area (Å²) in [7, 11) is 0. The third-order valence-electron chi connectivity index (χ3n) is 0.922. The van der Waals surface area contributed by atoms with Crippen LogP contribution in [0.2, 0.25) is 0 Å².